The average Bonchev–Trinajstić information content (AvgIpc) is 3.16. The van der Waals surface area contributed by atoms with E-state index in [2.05, 4.69) is 41.5 Å². The van der Waals surface area contributed by atoms with Gasteiger partial charge in [-0.15, -0.1) is 0 Å². The van der Waals surface area contributed by atoms with Gasteiger partial charge < -0.3 is 4.40 Å². The molecule has 24 heavy (non-hydrogen) atoms. The van der Waals surface area contributed by atoms with Crippen LogP contribution in [0.1, 0.15) is 55.7 Å². The maximum atomic E-state index is 12.0. The van der Waals surface area contributed by atoms with E-state index in [9.17, 15) is 4.91 Å². The normalized spacial score (nSPS) is 35.3. The van der Waals surface area contributed by atoms with Gasteiger partial charge in [0.25, 0.3) is 0 Å². The molecule has 0 radical (unpaired) electrons. The van der Waals surface area contributed by atoms with Crippen molar-refractivity contribution in [2.24, 2.45) is 28.8 Å². The van der Waals surface area contributed by atoms with Crippen LogP contribution in [0.4, 0.5) is 0 Å². The molecule has 0 aromatic carbocycles. The number of nitroso groups, excluding NO2 is 1. The molecular formula is C20H23N3O. The Balaban J connectivity index is 1.64. The Bertz CT molecular complexity index is 823. The Morgan fingerprint density at radius 3 is 2.79 bits per heavy atom. The van der Waals surface area contributed by atoms with Gasteiger partial charge in [0.15, 0.2) is 0 Å². The molecule has 6 rings (SSSR count). The Hall–Kier alpha value is -1.97. The van der Waals surface area contributed by atoms with Crippen LogP contribution >= 0.6 is 0 Å². The molecule has 4 aliphatic carbocycles. The highest BCUT2D eigenvalue weighted by atomic mass is 16.3. The van der Waals surface area contributed by atoms with Crippen molar-refractivity contribution in [1.82, 2.24) is 9.38 Å². The summed E-state index contributed by atoms with van der Waals surface area (Å²) in [5.74, 6) is 2.78. The van der Waals surface area contributed by atoms with E-state index in [0.29, 0.717) is 29.6 Å². The minimum Gasteiger partial charge on any atom is -0.306 e. The van der Waals surface area contributed by atoms with Crippen LogP contribution < -0.4 is 0 Å². The third-order valence-electron chi connectivity index (χ3n) is 6.62. The molecule has 0 saturated heterocycles. The number of pyridine rings is 1. The van der Waals surface area contributed by atoms with Gasteiger partial charge in [0.1, 0.15) is 6.04 Å². The molecule has 2 heterocycles. The molecule has 4 aliphatic rings. The van der Waals surface area contributed by atoms with E-state index in [1.807, 2.05) is 16.9 Å². The number of rotatable bonds is 4. The van der Waals surface area contributed by atoms with E-state index in [4.69, 9.17) is 0 Å². The fraction of sp³-hybridized carbons (Fsp3) is 0.550. The van der Waals surface area contributed by atoms with Gasteiger partial charge in [0.2, 0.25) is 0 Å². The summed E-state index contributed by atoms with van der Waals surface area (Å²) in [6.45, 7) is 2.30. The molecule has 2 fully saturated rings. The van der Waals surface area contributed by atoms with Crippen molar-refractivity contribution in [2.45, 2.75) is 44.6 Å². The summed E-state index contributed by atoms with van der Waals surface area (Å²) in [5, 5.41) is 3.70. The highest BCUT2D eigenvalue weighted by Gasteiger charge is 2.43. The van der Waals surface area contributed by atoms with E-state index in [1.165, 1.54) is 24.8 Å². The Morgan fingerprint density at radius 1 is 1.29 bits per heavy atom. The molecule has 4 nitrogen and oxygen atoms in total. The number of allylic oxidation sites excluding steroid dienone is 2. The summed E-state index contributed by atoms with van der Waals surface area (Å²) in [6, 6.07) is 1.96. The molecule has 0 aliphatic heterocycles. The zero-order valence-corrected chi connectivity index (χ0v) is 14.0. The quantitative estimate of drug-likeness (QED) is 0.596. The van der Waals surface area contributed by atoms with Gasteiger partial charge in [-0.2, -0.15) is 4.91 Å². The second-order valence-electron chi connectivity index (χ2n) is 8.03. The van der Waals surface area contributed by atoms with Gasteiger partial charge in [0, 0.05) is 11.8 Å². The van der Waals surface area contributed by atoms with Gasteiger partial charge in [-0.3, -0.25) is 0 Å². The van der Waals surface area contributed by atoms with E-state index in [1.54, 1.807) is 0 Å². The number of hydrogen-bond acceptors (Lipinski definition) is 3. The van der Waals surface area contributed by atoms with Gasteiger partial charge in [-0.05, 0) is 66.9 Å². The molecule has 0 amide bonds. The zero-order chi connectivity index (χ0) is 16.3. The van der Waals surface area contributed by atoms with E-state index in [0.717, 1.165) is 17.5 Å². The molecule has 2 bridgehead atoms. The van der Waals surface area contributed by atoms with Crippen molar-refractivity contribution in [3.63, 3.8) is 0 Å². The Morgan fingerprint density at radius 2 is 2.17 bits per heavy atom. The van der Waals surface area contributed by atoms with Crippen molar-refractivity contribution >= 4 is 5.52 Å². The monoisotopic (exact) mass is 321 g/mol. The maximum absolute atomic E-state index is 12.0. The smallest absolute Gasteiger partial charge is 0.123 e. The van der Waals surface area contributed by atoms with E-state index < -0.39 is 0 Å². The minimum atomic E-state index is -0.244. The summed E-state index contributed by atoms with van der Waals surface area (Å²) in [7, 11) is 0. The van der Waals surface area contributed by atoms with Crippen LogP contribution in [-0.2, 0) is 0 Å². The predicted octanol–water partition coefficient (Wildman–Crippen LogP) is 4.87. The van der Waals surface area contributed by atoms with Crippen molar-refractivity contribution in [2.75, 3.05) is 0 Å². The first-order chi connectivity index (χ1) is 11.8. The third kappa shape index (κ3) is 2.08. The zero-order valence-electron chi connectivity index (χ0n) is 14.0. The van der Waals surface area contributed by atoms with Gasteiger partial charge >= 0.3 is 0 Å². The summed E-state index contributed by atoms with van der Waals surface area (Å²) < 4.78 is 2.04. The topological polar surface area (TPSA) is 46.7 Å². The molecule has 0 N–H and O–H groups in total. The Labute approximate surface area is 142 Å². The fourth-order valence-electron chi connectivity index (χ4n) is 5.12. The number of aromatic nitrogens is 2. The van der Waals surface area contributed by atoms with Crippen LogP contribution in [0.5, 0.6) is 0 Å². The molecule has 0 spiro atoms. The Kier molecular flexibility index (Phi) is 3.15. The standard InChI is InChI=1S/C20H23N3O/c1-12-8-16(12)15-6-7-23-11-21-10-18(23)19(15)20(22-24)17-9-13-2-4-14(17)5-3-13/h2,4,6-7,10-14,16-17,20H,3,5,8-9H2,1H3. The molecule has 4 heteroatoms. The summed E-state index contributed by atoms with van der Waals surface area (Å²) >= 11 is 0. The number of fused-ring (bicyclic) bond motifs is 3. The SMILES string of the molecule is CC1CC1c1ccn2cncc2c1C(N=O)C1CC2C=CC1CC2. The first-order valence-corrected chi connectivity index (χ1v) is 9.21. The summed E-state index contributed by atoms with van der Waals surface area (Å²) in [4.78, 5) is 16.3. The first kappa shape index (κ1) is 14.4. The molecule has 2 aromatic rings. The van der Waals surface area contributed by atoms with Crippen LogP contribution in [0.25, 0.3) is 5.52 Å². The molecule has 124 valence electrons. The maximum Gasteiger partial charge on any atom is 0.123 e. The van der Waals surface area contributed by atoms with Gasteiger partial charge in [-0.1, -0.05) is 24.3 Å². The second kappa shape index (κ2) is 5.27. The van der Waals surface area contributed by atoms with Crippen molar-refractivity contribution in [3.05, 3.63) is 53.0 Å². The van der Waals surface area contributed by atoms with Crippen molar-refractivity contribution in [3.8, 4) is 0 Å². The first-order valence-electron chi connectivity index (χ1n) is 9.21. The van der Waals surface area contributed by atoms with Gasteiger partial charge in [-0.25, -0.2) is 4.98 Å². The third-order valence-corrected chi connectivity index (χ3v) is 6.62. The van der Waals surface area contributed by atoms with Crippen LogP contribution in [-0.4, -0.2) is 9.38 Å². The van der Waals surface area contributed by atoms with Crippen molar-refractivity contribution in [1.29, 1.82) is 0 Å². The lowest BCUT2D eigenvalue weighted by molar-refractivity contribution is 0.189. The molecule has 2 saturated carbocycles. The summed E-state index contributed by atoms with van der Waals surface area (Å²) in [5.41, 5.74) is 3.57. The van der Waals surface area contributed by atoms with Crippen LogP contribution in [0, 0.1) is 28.6 Å². The molecule has 6 unspecified atom stereocenters. The number of imidazole rings is 1. The molecule has 6 atom stereocenters. The number of hydrogen-bond donors (Lipinski definition) is 0. The highest BCUT2D eigenvalue weighted by Crippen LogP contribution is 2.53. The van der Waals surface area contributed by atoms with Crippen LogP contribution in [0.15, 0.2) is 42.1 Å². The highest BCUT2D eigenvalue weighted by molar-refractivity contribution is 5.60. The molecular weight excluding hydrogens is 298 g/mol. The minimum absolute atomic E-state index is 0.244. The second-order valence-corrected chi connectivity index (χ2v) is 8.03. The van der Waals surface area contributed by atoms with Crippen LogP contribution in [0.2, 0.25) is 0 Å². The fourth-order valence-corrected chi connectivity index (χ4v) is 5.12. The number of nitrogens with zero attached hydrogens (tertiary/aromatic N) is 3. The average molecular weight is 321 g/mol. The van der Waals surface area contributed by atoms with E-state index in [-0.39, 0.29) is 6.04 Å². The predicted molar refractivity (Wildman–Crippen MR) is 93.7 cm³/mol. The lowest BCUT2D eigenvalue weighted by Gasteiger charge is -2.40. The van der Waals surface area contributed by atoms with Crippen LogP contribution in [0.3, 0.4) is 0 Å². The lowest BCUT2D eigenvalue weighted by atomic mass is 9.65. The lowest BCUT2D eigenvalue weighted by Crippen LogP contribution is -2.31. The van der Waals surface area contributed by atoms with Crippen molar-refractivity contribution < 1.29 is 0 Å². The van der Waals surface area contributed by atoms with Gasteiger partial charge in [0.05, 0.1) is 18.0 Å². The largest absolute Gasteiger partial charge is 0.306 e. The summed E-state index contributed by atoms with van der Waals surface area (Å²) in [6.07, 6.45) is 15.3. The van der Waals surface area contributed by atoms with E-state index >= 15 is 0 Å². The molecule has 2 aromatic heterocycles.